The molecule has 0 spiro atoms. The van der Waals surface area contributed by atoms with Crippen LogP contribution in [0.15, 0.2) is 36.5 Å². The molecule has 1 aliphatic heterocycles. The SMILES string of the molecule is COC(=O)c1cnc(N2CCC(c3cccc(OC)c3)CC2)c([N+](=O)[O-])c1. The molecule has 0 N–H and O–H groups in total. The smallest absolute Gasteiger partial charge is 0.339 e. The van der Waals surface area contributed by atoms with Crippen LogP contribution in [0.5, 0.6) is 5.75 Å². The van der Waals surface area contributed by atoms with Gasteiger partial charge in [0.2, 0.25) is 5.82 Å². The van der Waals surface area contributed by atoms with Gasteiger partial charge in [0.1, 0.15) is 5.75 Å². The van der Waals surface area contributed by atoms with E-state index in [2.05, 4.69) is 15.8 Å². The number of aromatic nitrogens is 1. The predicted octanol–water partition coefficient (Wildman–Crippen LogP) is 3.17. The van der Waals surface area contributed by atoms with E-state index in [1.54, 1.807) is 7.11 Å². The molecule has 0 amide bonds. The summed E-state index contributed by atoms with van der Waals surface area (Å²) < 4.78 is 9.90. The standard InChI is InChI=1S/C19H21N3O5/c1-26-16-5-3-4-14(10-16)13-6-8-21(9-7-13)18-17(22(24)25)11-15(12-20-18)19(23)27-2/h3-5,10-13H,6-9H2,1-2H3. The second kappa shape index (κ2) is 8.03. The summed E-state index contributed by atoms with van der Waals surface area (Å²) in [6.07, 6.45) is 3.03. The van der Waals surface area contributed by atoms with Crippen LogP contribution in [-0.2, 0) is 4.74 Å². The van der Waals surface area contributed by atoms with E-state index in [0.29, 0.717) is 19.0 Å². The summed E-state index contributed by atoms with van der Waals surface area (Å²) in [6.45, 7) is 1.29. The van der Waals surface area contributed by atoms with Crippen LogP contribution in [0.1, 0.15) is 34.7 Å². The molecule has 0 radical (unpaired) electrons. The Labute approximate surface area is 156 Å². The van der Waals surface area contributed by atoms with Crippen LogP contribution in [-0.4, -0.2) is 43.2 Å². The highest BCUT2D eigenvalue weighted by atomic mass is 16.6. The summed E-state index contributed by atoms with van der Waals surface area (Å²) in [7, 11) is 2.87. The van der Waals surface area contributed by atoms with E-state index >= 15 is 0 Å². The number of methoxy groups -OCH3 is 2. The van der Waals surface area contributed by atoms with Gasteiger partial charge in [0.25, 0.3) is 0 Å². The quantitative estimate of drug-likeness (QED) is 0.452. The number of hydrogen-bond donors (Lipinski definition) is 0. The van der Waals surface area contributed by atoms with Crippen molar-refractivity contribution in [2.45, 2.75) is 18.8 Å². The predicted molar refractivity (Wildman–Crippen MR) is 99.4 cm³/mol. The maximum atomic E-state index is 11.6. The largest absolute Gasteiger partial charge is 0.497 e. The number of ether oxygens (including phenoxy) is 2. The third-order valence-electron chi connectivity index (χ3n) is 4.82. The molecule has 1 saturated heterocycles. The first-order valence-corrected chi connectivity index (χ1v) is 8.65. The van der Waals surface area contributed by atoms with Gasteiger partial charge in [0.05, 0.1) is 24.7 Å². The Bertz CT molecular complexity index is 847. The zero-order chi connectivity index (χ0) is 19.4. The van der Waals surface area contributed by atoms with Crippen LogP contribution in [0, 0.1) is 10.1 Å². The molecule has 27 heavy (non-hydrogen) atoms. The summed E-state index contributed by atoms with van der Waals surface area (Å²) >= 11 is 0. The first-order chi connectivity index (χ1) is 13.0. The Kier molecular flexibility index (Phi) is 5.54. The molecule has 8 heteroatoms. The van der Waals surface area contributed by atoms with E-state index in [1.165, 1.54) is 24.9 Å². The van der Waals surface area contributed by atoms with Crippen molar-refractivity contribution in [3.8, 4) is 5.75 Å². The second-order valence-corrected chi connectivity index (χ2v) is 6.35. The number of anilines is 1. The van der Waals surface area contributed by atoms with Crippen LogP contribution < -0.4 is 9.64 Å². The molecule has 0 aliphatic carbocycles. The van der Waals surface area contributed by atoms with Crippen LogP contribution in [0.25, 0.3) is 0 Å². The molecule has 1 fully saturated rings. The van der Waals surface area contributed by atoms with Gasteiger partial charge in [0, 0.05) is 25.4 Å². The van der Waals surface area contributed by atoms with E-state index in [4.69, 9.17) is 4.74 Å². The van der Waals surface area contributed by atoms with Gasteiger partial charge >= 0.3 is 11.7 Å². The molecule has 2 aromatic rings. The number of nitro groups is 1. The van der Waals surface area contributed by atoms with Gasteiger partial charge in [-0.3, -0.25) is 10.1 Å². The van der Waals surface area contributed by atoms with Gasteiger partial charge in [0.15, 0.2) is 0 Å². The number of carbonyl (C=O) groups is 1. The lowest BCUT2D eigenvalue weighted by Crippen LogP contribution is -2.34. The fraction of sp³-hybridized carbons (Fsp3) is 0.368. The van der Waals surface area contributed by atoms with Gasteiger partial charge in [-0.15, -0.1) is 0 Å². The summed E-state index contributed by atoms with van der Waals surface area (Å²) in [5, 5.41) is 11.5. The monoisotopic (exact) mass is 371 g/mol. The molecule has 1 aliphatic rings. The van der Waals surface area contributed by atoms with Crippen molar-refractivity contribution in [1.82, 2.24) is 4.98 Å². The van der Waals surface area contributed by atoms with Crippen LogP contribution >= 0.6 is 0 Å². The van der Waals surface area contributed by atoms with Crippen molar-refractivity contribution in [2.24, 2.45) is 0 Å². The molecular formula is C19H21N3O5. The summed E-state index contributed by atoms with van der Waals surface area (Å²) in [6, 6.07) is 9.22. The molecule has 0 bridgehead atoms. The minimum atomic E-state index is -0.645. The third-order valence-corrected chi connectivity index (χ3v) is 4.82. The van der Waals surface area contributed by atoms with Crippen molar-refractivity contribution >= 4 is 17.5 Å². The van der Waals surface area contributed by atoms with E-state index in [1.807, 2.05) is 23.1 Å². The van der Waals surface area contributed by atoms with Crippen LogP contribution in [0.4, 0.5) is 11.5 Å². The fourth-order valence-corrected chi connectivity index (χ4v) is 3.37. The average molecular weight is 371 g/mol. The minimum absolute atomic E-state index is 0.0687. The Morgan fingerprint density at radius 3 is 2.63 bits per heavy atom. The van der Waals surface area contributed by atoms with Gasteiger partial charge in [-0.05, 0) is 36.5 Å². The highest BCUT2D eigenvalue weighted by molar-refractivity contribution is 5.90. The topological polar surface area (TPSA) is 94.8 Å². The fourth-order valence-electron chi connectivity index (χ4n) is 3.37. The number of pyridine rings is 1. The maximum Gasteiger partial charge on any atom is 0.339 e. The minimum Gasteiger partial charge on any atom is -0.497 e. The highest BCUT2D eigenvalue weighted by Crippen LogP contribution is 2.34. The zero-order valence-corrected chi connectivity index (χ0v) is 15.3. The van der Waals surface area contributed by atoms with Gasteiger partial charge < -0.3 is 14.4 Å². The Morgan fingerprint density at radius 2 is 2.00 bits per heavy atom. The van der Waals surface area contributed by atoms with Crippen molar-refractivity contribution < 1.29 is 19.2 Å². The Hall–Kier alpha value is -3.16. The van der Waals surface area contributed by atoms with E-state index in [-0.39, 0.29) is 17.1 Å². The first kappa shape index (κ1) is 18.6. The van der Waals surface area contributed by atoms with Crippen molar-refractivity contribution in [3.63, 3.8) is 0 Å². The van der Waals surface area contributed by atoms with Crippen molar-refractivity contribution in [3.05, 3.63) is 57.8 Å². The number of piperidine rings is 1. The highest BCUT2D eigenvalue weighted by Gasteiger charge is 2.28. The van der Waals surface area contributed by atoms with Crippen LogP contribution in [0.3, 0.4) is 0 Å². The van der Waals surface area contributed by atoms with E-state index in [9.17, 15) is 14.9 Å². The number of hydrogen-bond acceptors (Lipinski definition) is 7. The van der Waals surface area contributed by atoms with Crippen molar-refractivity contribution in [2.75, 3.05) is 32.2 Å². The number of rotatable bonds is 5. The third kappa shape index (κ3) is 3.99. The van der Waals surface area contributed by atoms with E-state index < -0.39 is 10.9 Å². The summed E-state index contributed by atoms with van der Waals surface area (Å²) in [5.74, 6) is 0.834. The van der Waals surface area contributed by atoms with Gasteiger partial charge in [-0.1, -0.05) is 12.1 Å². The maximum absolute atomic E-state index is 11.6. The van der Waals surface area contributed by atoms with Crippen molar-refractivity contribution in [1.29, 1.82) is 0 Å². The molecule has 8 nitrogen and oxygen atoms in total. The molecule has 2 heterocycles. The summed E-state index contributed by atoms with van der Waals surface area (Å²) in [4.78, 5) is 28.6. The molecule has 3 rings (SSSR count). The number of nitrogens with zero attached hydrogens (tertiary/aromatic N) is 3. The van der Waals surface area contributed by atoms with Crippen LogP contribution in [0.2, 0.25) is 0 Å². The molecule has 142 valence electrons. The first-order valence-electron chi connectivity index (χ1n) is 8.65. The molecule has 1 aromatic carbocycles. The molecular weight excluding hydrogens is 350 g/mol. The summed E-state index contributed by atoms with van der Waals surface area (Å²) in [5.41, 5.74) is 1.09. The lowest BCUT2D eigenvalue weighted by Gasteiger charge is -2.32. The lowest BCUT2D eigenvalue weighted by atomic mass is 9.89. The molecule has 0 saturated carbocycles. The lowest BCUT2D eigenvalue weighted by molar-refractivity contribution is -0.384. The van der Waals surface area contributed by atoms with E-state index in [0.717, 1.165) is 18.6 Å². The molecule has 0 atom stereocenters. The Balaban J connectivity index is 1.77. The molecule has 1 aromatic heterocycles. The number of carbonyl (C=O) groups excluding carboxylic acids is 1. The second-order valence-electron chi connectivity index (χ2n) is 6.35. The van der Waals surface area contributed by atoms with Gasteiger partial charge in [-0.2, -0.15) is 0 Å². The average Bonchev–Trinajstić information content (AvgIpc) is 2.72. The number of esters is 1. The zero-order valence-electron chi connectivity index (χ0n) is 15.3. The molecule has 0 unspecified atom stereocenters. The van der Waals surface area contributed by atoms with Gasteiger partial charge in [-0.25, -0.2) is 9.78 Å². The Morgan fingerprint density at radius 1 is 1.26 bits per heavy atom. The normalized spacial score (nSPS) is 14.7. The number of benzene rings is 1.